The second-order valence-electron chi connectivity index (χ2n) is 6.24. The third-order valence-corrected chi connectivity index (χ3v) is 5.34. The van der Waals surface area contributed by atoms with Crippen molar-refractivity contribution in [3.8, 4) is 0 Å². The average Bonchev–Trinajstić information content (AvgIpc) is 3.04. The molecule has 25 heavy (non-hydrogen) atoms. The number of hydrogen-bond donors (Lipinski definition) is 2. The van der Waals surface area contributed by atoms with Crippen LogP contribution in [0.25, 0.3) is 0 Å². The molecule has 1 aliphatic carbocycles. The number of anilines is 2. The van der Waals surface area contributed by atoms with Gasteiger partial charge in [-0.1, -0.05) is 19.3 Å². The molecule has 7 heteroatoms. The number of thiazole rings is 1. The van der Waals surface area contributed by atoms with Crippen molar-refractivity contribution in [1.29, 1.82) is 0 Å². The van der Waals surface area contributed by atoms with E-state index in [1.807, 2.05) is 0 Å². The number of benzene rings is 1. The van der Waals surface area contributed by atoms with E-state index in [1.54, 1.807) is 12.4 Å². The first-order valence-electron chi connectivity index (χ1n) is 8.36. The molecular weight excluding hydrogens is 341 g/mol. The van der Waals surface area contributed by atoms with Gasteiger partial charge in [0.25, 0.3) is 5.91 Å². The van der Waals surface area contributed by atoms with Gasteiger partial charge in [0.05, 0.1) is 16.9 Å². The molecule has 132 valence electrons. The normalized spacial score (nSPS) is 15.0. The minimum atomic E-state index is -0.517. The zero-order valence-corrected chi connectivity index (χ0v) is 14.8. The first-order valence-corrected chi connectivity index (χ1v) is 9.24. The minimum absolute atomic E-state index is 0.0637. The number of aromatic nitrogens is 1. The summed E-state index contributed by atoms with van der Waals surface area (Å²) in [4.78, 5) is 29.1. The highest BCUT2D eigenvalue weighted by Crippen LogP contribution is 2.27. The molecule has 5 nitrogen and oxygen atoms in total. The molecule has 0 saturated heterocycles. The van der Waals surface area contributed by atoms with E-state index in [-0.39, 0.29) is 23.4 Å². The maximum atomic E-state index is 14.0. The molecule has 3 rings (SSSR count). The molecule has 2 aromatic rings. The molecule has 0 bridgehead atoms. The standard InChI is InChI=1S/C18H20FN3O2S/c1-11-16(25-10-20-11)18(24)21-13-7-8-14(19)15(9-13)22-17(23)12-5-3-2-4-6-12/h7-10,12H,2-6H2,1H3,(H,21,24)(H,22,23). The van der Waals surface area contributed by atoms with Crippen LogP contribution in [0.5, 0.6) is 0 Å². The van der Waals surface area contributed by atoms with Crippen molar-refractivity contribution in [3.63, 3.8) is 0 Å². The van der Waals surface area contributed by atoms with Crippen LogP contribution in [-0.4, -0.2) is 16.8 Å². The lowest BCUT2D eigenvalue weighted by molar-refractivity contribution is -0.120. The van der Waals surface area contributed by atoms with E-state index < -0.39 is 5.82 Å². The Kier molecular flexibility index (Phi) is 5.43. The molecule has 1 aromatic heterocycles. The van der Waals surface area contributed by atoms with E-state index in [4.69, 9.17) is 0 Å². The Balaban J connectivity index is 1.70. The smallest absolute Gasteiger partial charge is 0.267 e. The molecular formula is C18H20FN3O2S. The SMILES string of the molecule is Cc1ncsc1C(=O)Nc1ccc(F)c(NC(=O)C2CCCCC2)c1. The molecule has 1 aliphatic rings. The highest BCUT2D eigenvalue weighted by Gasteiger charge is 2.22. The Morgan fingerprint density at radius 3 is 2.64 bits per heavy atom. The summed E-state index contributed by atoms with van der Waals surface area (Å²) in [7, 11) is 0. The van der Waals surface area contributed by atoms with Gasteiger partial charge in [0.1, 0.15) is 10.7 Å². The maximum absolute atomic E-state index is 14.0. The Hall–Kier alpha value is -2.28. The summed E-state index contributed by atoms with van der Waals surface area (Å²) in [6.07, 6.45) is 4.90. The molecule has 1 heterocycles. The van der Waals surface area contributed by atoms with E-state index in [2.05, 4.69) is 15.6 Å². The van der Waals surface area contributed by atoms with E-state index >= 15 is 0 Å². The van der Waals surface area contributed by atoms with E-state index in [9.17, 15) is 14.0 Å². The largest absolute Gasteiger partial charge is 0.323 e. The Bertz CT molecular complexity index is 784. The van der Waals surface area contributed by atoms with E-state index in [1.165, 1.54) is 29.5 Å². The summed E-state index contributed by atoms with van der Waals surface area (Å²) < 4.78 is 14.0. The van der Waals surface area contributed by atoms with Crippen LogP contribution in [0.2, 0.25) is 0 Å². The zero-order chi connectivity index (χ0) is 17.8. The summed E-state index contributed by atoms with van der Waals surface area (Å²) in [5.41, 5.74) is 2.77. The molecule has 1 fully saturated rings. The zero-order valence-electron chi connectivity index (χ0n) is 14.0. The summed E-state index contributed by atoms with van der Waals surface area (Å²) in [5.74, 6) is -1.03. The van der Waals surface area contributed by atoms with Gasteiger partial charge in [0.2, 0.25) is 5.91 Å². The van der Waals surface area contributed by atoms with Crippen LogP contribution < -0.4 is 10.6 Å². The third kappa shape index (κ3) is 4.22. The lowest BCUT2D eigenvalue weighted by atomic mass is 9.88. The number of amides is 2. The number of hydrogen-bond acceptors (Lipinski definition) is 4. The van der Waals surface area contributed by atoms with Crippen molar-refractivity contribution < 1.29 is 14.0 Å². The first-order chi connectivity index (χ1) is 12.0. The van der Waals surface area contributed by atoms with Crippen molar-refractivity contribution in [2.75, 3.05) is 10.6 Å². The van der Waals surface area contributed by atoms with Crippen molar-refractivity contribution in [1.82, 2.24) is 4.98 Å². The lowest BCUT2D eigenvalue weighted by Crippen LogP contribution is -2.25. The van der Waals surface area contributed by atoms with Gasteiger partial charge >= 0.3 is 0 Å². The van der Waals surface area contributed by atoms with Crippen molar-refractivity contribution >= 4 is 34.5 Å². The van der Waals surface area contributed by atoms with Gasteiger partial charge in [-0.3, -0.25) is 9.59 Å². The summed E-state index contributed by atoms with van der Waals surface area (Å²) in [5, 5.41) is 5.38. The predicted molar refractivity (Wildman–Crippen MR) is 96.4 cm³/mol. The number of carbonyl (C=O) groups is 2. The molecule has 0 unspecified atom stereocenters. The van der Waals surface area contributed by atoms with Crippen molar-refractivity contribution in [3.05, 3.63) is 40.1 Å². The van der Waals surface area contributed by atoms with Crippen LogP contribution >= 0.6 is 11.3 Å². The van der Waals surface area contributed by atoms with E-state index in [0.29, 0.717) is 16.3 Å². The van der Waals surface area contributed by atoms with Gasteiger partial charge in [-0.2, -0.15) is 0 Å². The average molecular weight is 361 g/mol. The van der Waals surface area contributed by atoms with Gasteiger partial charge in [0.15, 0.2) is 0 Å². The number of carbonyl (C=O) groups excluding carboxylic acids is 2. The Morgan fingerprint density at radius 2 is 1.96 bits per heavy atom. The molecule has 0 aliphatic heterocycles. The summed E-state index contributed by atoms with van der Waals surface area (Å²) in [6, 6.07) is 4.16. The van der Waals surface area contributed by atoms with Gasteiger partial charge in [-0.15, -0.1) is 11.3 Å². The molecule has 0 spiro atoms. The van der Waals surface area contributed by atoms with Crippen LogP contribution in [0.15, 0.2) is 23.7 Å². The first kappa shape index (κ1) is 17.5. The third-order valence-electron chi connectivity index (χ3n) is 4.41. The van der Waals surface area contributed by atoms with Gasteiger partial charge in [-0.25, -0.2) is 9.37 Å². The monoisotopic (exact) mass is 361 g/mol. The lowest BCUT2D eigenvalue weighted by Gasteiger charge is -2.21. The number of aryl methyl sites for hydroxylation is 1. The number of halogens is 1. The quantitative estimate of drug-likeness (QED) is 0.850. The van der Waals surface area contributed by atoms with Crippen molar-refractivity contribution in [2.24, 2.45) is 5.92 Å². The number of nitrogens with zero attached hydrogens (tertiary/aromatic N) is 1. The topological polar surface area (TPSA) is 71.1 Å². The predicted octanol–water partition coefficient (Wildman–Crippen LogP) is 4.36. The Morgan fingerprint density at radius 1 is 1.20 bits per heavy atom. The summed E-state index contributed by atoms with van der Waals surface area (Å²) in [6.45, 7) is 1.76. The van der Waals surface area contributed by atoms with Gasteiger partial charge < -0.3 is 10.6 Å². The summed E-state index contributed by atoms with van der Waals surface area (Å²) >= 11 is 1.25. The van der Waals surface area contributed by atoms with Crippen LogP contribution in [0.4, 0.5) is 15.8 Å². The van der Waals surface area contributed by atoms with Crippen LogP contribution in [-0.2, 0) is 4.79 Å². The van der Waals surface area contributed by atoms with Gasteiger partial charge in [-0.05, 0) is 38.0 Å². The van der Waals surface area contributed by atoms with Gasteiger partial charge in [0, 0.05) is 11.6 Å². The molecule has 0 radical (unpaired) electrons. The molecule has 2 amide bonds. The number of nitrogens with one attached hydrogen (secondary N) is 2. The molecule has 0 atom stereocenters. The van der Waals surface area contributed by atoms with Crippen LogP contribution in [0.1, 0.15) is 47.5 Å². The fraction of sp³-hybridized carbons (Fsp3) is 0.389. The fourth-order valence-corrected chi connectivity index (χ4v) is 3.70. The molecule has 1 saturated carbocycles. The van der Waals surface area contributed by atoms with Crippen LogP contribution in [0, 0.1) is 18.7 Å². The second-order valence-corrected chi connectivity index (χ2v) is 7.09. The molecule has 2 N–H and O–H groups in total. The Labute approximate surface area is 149 Å². The highest BCUT2D eigenvalue weighted by atomic mass is 32.1. The maximum Gasteiger partial charge on any atom is 0.267 e. The van der Waals surface area contributed by atoms with Crippen molar-refractivity contribution in [2.45, 2.75) is 39.0 Å². The highest BCUT2D eigenvalue weighted by molar-refractivity contribution is 7.12. The fourth-order valence-electron chi connectivity index (χ4n) is 3.01. The van der Waals surface area contributed by atoms with Crippen LogP contribution in [0.3, 0.4) is 0 Å². The van der Waals surface area contributed by atoms with E-state index in [0.717, 1.165) is 32.1 Å². The number of rotatable bonds is 4. The minimum Gasteiger partial charge on any atom is -0.323 e. The molecule has 1 aromatic carbocycles. The second kappa shape index (κ2) is 7.74.